The third-order valence-corrected chi connectivity index (χ3v) is 3.10. The van der Waals surface area contributed by atoms with Crippen molar-refractivity contribution in [1.82, 2.24) is 4.90 Å². The van der Waals surface area contributed by atoms with E-state index in [1.165, 1.54) is 0 Å². The second kappa shape index (κ2) is 6.95. The minimum absolute atomic E-state index is 0.145. The molecule has 0 amide bonds. The largest absolute Gasteiger partial charge is 0.399 e. The zero-order valence-corrected chi connectivity index (χ0v) is 10.8. The van der Waals surface area contributed by atoms with Gasteiger partial charge >= 0.3 is 5.70 Å². The number of nitrogens with two attached hydrogens (primary N) is 1. The number of rotatable bonds is 3. The molecule has 0 spiro atoms. The van der Waals surface area contributed by atoms with Gasteiger partial charge in [-0.2, -0.15) is 0 Å². The summed E-state index contributed by atoms with van der Waals surface area (Å²) in [7, 11) is 3.23. The molecule has 0 radical (unpaired) electrons. The van der Waals surface area contributed by atoms with Crippen molar-refractivity contribution in [2.24, 2.45) is 10.7 Å². The predicted molar refractivity (Wildman–Crippen MR) is 68.8 cm³/mol. The van der Waals surface area contributed by atoms with Crippen LogP contribution in [-0.4, -0.2) is 49.0 Å². The van der Waals surface area contributed by atoms with Crippen molar-refractivity contribution in [2.75, 3.05) is 27.2 Å². The van der Waals surface area contributed by atoms with Crippen LogP contribution in [0.3, 0.4) is 0 Å². The van der Waals surface area contributed by atoms with Crippen LogP contribution < -0.4 is 5.73 Å². The molecule has 1 fully saturated rings. The summed E-state index contributed by atoms with van der Waals surface area (Å²) in [5.74, 6) is 0.347. The molecule has 0 aromatic rings. The molecule has 1 heterocycles. The molecule has 0 aliphatic carbocycles. The molecule has 0 bridgehead atoms. The van der Waals surface area contributed by atoms with Gasteiger partial charge in [-0.15, -0.1) is 0 Å². The highest BCUT2D eigenvalue weighted by atomic mass is 16.6. The maximum atomic E-state index is 10.9. The summed E-state index contributed by atoms with van der Waals surface area (Å²) < 4.78 is 5.33. The van der Waals surface area contributed by atoms with Crippen LogP contribution >= 0.6 is 0 Å². The Balaban J connectivity index is 2.81. The average molecular weight is 256 g/mol. The Morgan fingerprint density at radius 3 is 2.78 bits per heavy atom. The number of hydrogen-bond acceptors (Lipinski definition) is 5. The molecule has 0 unspecified atom stereocenters. The highest BCUT2D eigenvalue weighted by Crippen LogP contribution is 2.16. The second-order valence-electron chi connectivity index (χ2n) is 4.13. The summed E-state index contributed by atoms with van der Waals surface area (Å²) in [6.45, 7) is 1.42. The van der Waals surface area contributed by atoms with Gasteiger partial charge in [0.05, 0.1) is 17.2 Å². The second-order valence-corrected chi connectivity index (χ2v) is 4.13. The van der Waals surface area contributed by atoms with E-state index in [0.717, 1.165) is 32.0 Å². The molecule has 1 atom stereocenters. The van der Waals surface area contributed by atoms with Gasteiger partial charge in [-0.25, -0.2) is 0 Å². The Morgan fingerprint density at radius 2 is 2.28 bits per heavy atom. The molecule has 1 aliphatic rings. The first kappa shape index (κ1) is 14.4. The summed E-state index contributed by atoms with van der Waals surface area (Å²) in [6, 6.07) is 0. The fourth-order valence-electron chi connectivity index (χ4n) is 2.15. The molecule has 7 nitrogen and oxygen atoms in total. The molecule has 18 heavy (non-hydrogen) atoms. The number of ether oxygens (including phenoxy) is 1. The Bertz CT molecular complexity index is 354. The smallest absolute Gasteiger partial charge is 0.326 e. The number of hydrogen-bond donors (Lipinski definition) is 1. The summed E-state index contributed by atoms with van der Waals surface area (Å²) in [4.78, 5) is 16.3. The molecule has 2 N–H and O–H groups in total. The van der Waals surface area contributed by atoms with E-state index in [-0.39, 0.29) is 11.8 Å². The van der Waals surface area contributed by atoms with E-state index in [1.807, 2.05) is 4.90 Å². The number of methoxy groups -OCH3 is 1. The van der Waals surface area contributed by atoms with Crippen molar-refractivity contribution in [3.05, 3.63) is 22.0 Å². The van der Waals surface area contributed by atoms with Crippen molar-refractivity contribution in [3.8, 4) is 0 Å². The maximum absolute atomic E-state index is 10.9. The van der Waals surface area contributed by atoms with Gasteiger partial charge in [-0.05, 0) is 19.3 Å². The molecular weight excluding hydrogens is 236 g/mol. The third-order valence-electron chi connectivity index (χ3n) is 3.10. The fraction of sp³-hybridized carbons (Fsp3) is 0.727. The fourth-order valence-corrected chi connectivity index (χ4v) is 2.15. The summed E-state index contributed by atoms with van der Waals surface area (Å²) >= 11 is 0. The van der Waals surface area contributed by atoms with Crippen molar-refractivity contribution in [2.45, 2.75) is 25.4 Å². The standard InChI is InChI=1S/C11H20N4O3/c1-13-11(10(8-12)15(16)17)14-6-3-4-9(18-2)5-7-14/h8-9H,3-7,12H2,1-2H3/b10-8+,13-11?/t9-/m0/s1. The van der Waals surface area contributed by atoms with Crippen LogP contribution in [0.4, 0.5) is 0 Å². The minimum atomic E-state index is -0.499. The molecule has 102 valence electrons. The van der Waals surface area contributed by atoms with Crippen LogP contribution in [-0.2, 0) is 4.74 Å². The third kappa shape index (κ3) is 3.43. The van der Waals surface area contributed by atoms with Crippen LogP contribution in [0.15, 0.2) is 16.9 Å². The van der Waals surface area contributed by atoms with Gasteiger partial charge in [0.15, 0.2) is 0 Å². The van der Waals surface area contributed by atoms with Gasteiger partial charge in [0.25, 0.3) is 0 Å². The monoisotopic (exact) mass is 256 g/mol. The molecule has 0 saturated carbocycles. The van der Waals surface area contributed by atoms with Gasteiger partial charge in [0.1, 0.15) is 0 Å². The zero-order valence-electron chi connectivity index (χ0n) is 10.8. The van der Waals surface area contributed by atoms with Crippen molar-refractivity contribution in [3.63, 3.8) is 0 Å². The van der Waals surface area contributed by atoms with Crippen LogP contribution in [0.5, 0.6) is 0 Å². The minimum Gasteiger partial charge on any atom is -0.399 e. The first-order valence-corrected chi connectivity index (χ1v) is 5.95. The topological polar surface area (TPSA) is 94.0 Å². The van der Waals surface area contributed by atoms with E-state index in [2.05, 4.69) is 4.99 Å². The van der Waals surface area contributed by atoms with Gasteiger partial charge in [0.2, 0.25) is 5.84 Å². The number of likely N-dealkylation sites (tertiary alicyclic amines) is 1. The predicted octanol–water partition coefficient (Wildman–Crippen LogP) is 0.592. The average Bonchev–Trinajstić information content (AvgIpc) is 2.60. The molecule has 1 saturated heterocycles. The van der Waals surface area contributed by atoms with E-state index in [0.29, 0.717) is 12.4 Å². The van der Waals surface area contributed by atoms with Crippen LogP contribution in [0.1, 0.15) is 19.3 Å². The number of amidine groups is 1. The maximum Gasteiger partial charge on any atom is 0.326 e. The zero-order chi connectivity index (χ0) is 13.5. The Hall–Kier alpha value is -1.63. The Kier molecular flexibility index (Phi) is 5.57. The first-order chi connectivity index (χ1) is 8.63. The summed E-state index contributed by atoms with van der Waals surface area (Å²) in [6.07, 6.45) is 3.94. The van der Waals surface area contributed by atoms with Crippen LogP contribution in [0.2, 0.25) is 0 Å². The van der Waals surface area contributed by atoms with Crippen molar-refractivity contribution in [1.29, 1.82) is 0 Å². The lowest BCUT2D eigenvalue weighted by Crippen LogP contribution is -2.36. The van der Waals surface area contributed by atoms with Gasteiger partial charge in [0, 0.05) is 27.2 Å². The van der Waals surface area contributed by atoms with E-state index >= 15 is 0 Å². The first-order valence-electron chi connectivity index (χ1n) is 5.95. The van der Waals surface area contributed by atoms with Crippen LogP contribution in [0.25, 0.3) is 0 Å². The van der Waals surface area contributed by atoms with E-state index < -0.39 is 4.92 Å². The number of nitro groups is 1. The molecule has 0 aromatic carbocycles. The lowest BCUT2D eigenvalue weighted by atomic mass is 10.2. The molecular formula is C11H20N4O3. The molecule has 1 aliphatic heterocycles. The lowest BCUT2D eigenvalue weighted by Gasteiger charge is -2.22. The number of aliphatic imine (C=N–C) groups is 1. The van der Waals surface area contributed by atoms with E-state index in [4.69, 9.17) is 10.5 Å². The number of nitrogens with zero attached hydrogens (tertiary/aromatic N) is 3. The van der Waals surface area contributed by atoms with E-state index in [9.17, 15) is 10.1 Å². The molecule has 1 rings (SSSR count). The normalized spacial score (nSPS) is 22.8. The Morgan fingerprint density at radius 1 is 1.56 bits per heavy atom. The molecule has 0 aromatic heterocycles. The van der Waals surface area contributed by atoms with Crippen molar-refractivity contribution < 1.29 is 9.66 Å². The highest BCUT2D eigenvalue weighted by Gasteiger charge is 2.26. The quantitative estimate of drug-likeness (QED) is 0.345. The SMILES string of the molecule is CN=C(/C(=C\N)[N+](=O)[O-])N1CCC[C@H](OC)CC1. The molecule has 7 heteroatoms. The van der Waals surface area contributed by atoms with E-state index in [1.54, 1.807) is 14.2 Å². The highest BCUT2D eigenvalue weighted by molar-refractivity contribution is 5.95. The Labute approximate surface area is 106 Å². The van der Waals surface area contributed by atoms with Gasteiger partial charge in [-0.1, -0.05) is 0 Å². The summed E-state index contributed by atoms with van der Waals surface area (Å²) in [5, 5.41) is 10.9. The lowest BCUT2D eigenvalue weighted by molar-refractivity contribution is -0.416. The van der Waals surface area contributed by atoms with Gasteiger partial charge in [-0.3, -0.25) is 15.1 Å². The van der Waals surface area contributed by atoms with Crippen molar-refractivity contribution >= 4 is 5.84 Å². The summed E-state index contributed by atoms with van der Waals surface area (Å²) in [5.41, 5.74) is 5.17. The van der Waals surface area contributed by atoms with Crippen LogP contribution in [0, 0.1) is 10.1 Å². The van der Waals surface area contributed by atoms with Gasteiger partial charge < -0.3 is 15.4 Å².